The largest absolute Gasteiger partial charge is 0.345 e. The third-order valence-corrected chi connectivity index (χ3v) is 3.23. The third-order valence-electron chi connectivity index (χ3n) is 3.23. The Labute approximate surface area is 125 Å². The zero-order valence-electron chi connectivity index (χ0n) is 13.0. The van der Waals surface area contributed by atoms with Gasteiger partial charge in [0, 0.05) is 12.1 Å². The van der Waals surface area contributed by atoms with Crippen LogP contribution in [0.4, 0.5) is 4.39 Å². The zero-order chi connectivity index (χ0) is 16.0. The Bertz CT molecular complexity index is 503. The minimum absolute atomic E-state index is 0.0447. The van der Waals surface area contributed by atoms with Crippen LogP contribution in [0.1, 0.15) is 26.3 Å². The van der Waals surface area contributed by atoms with Gasteiger partial charge in [0.15, 0.2) is 5.78 Å². The lowest BCUT2D eigenvalue weighted by Crippen LogP contribution is -2.46. The molecule has 0 spiro atoms. The lowest BCUT2D eigenvalue weighted by atomic mass is 10.0. The van der Waals surface area contributed by atoms with Gasteiger partial charge in [-0.2, -0.15) is 0 Å². The number of rotatable bonds is 7. The second kappa shape index (κ2) is 7.88. The maximum Gasteiger partial charge on any atom is 0.234 e. The van der Waals surface area contributed by atoms with Crippen LogP contribution in [0.15, 0.2) is 24.3 Å². The highest BCUT2D eigenvalue weighted by Gasteiger charge is 2.21. The van der Waals surface area contributed by atoms with Gasteiger partial charge in [-0.15, -0.1) is 0 Å². The smallest absolute Gasteiger partial charge is 0.234 e. The number of carbonyl (C=O) groups is 2. The van der Waals surface area contributed by atoms with Gasteiger partial charge in [-0.05, 0) is 26.0 Å². The Morgan fingerprint density at radius 2 is 1.90 bits per heavy atom. The summed E-state index contributed by atoms with van der Waals surface area (Å²) in [6.07, 6.45) is 0. The van der Waals surface area contributed by atoms with Gasteiger partial charge in [0.2, 0.25) is 5.91 Å². The fourth-order valence-corrected chi connectivity index (χ4v) is 2.18. The van der Waals surface area contributed by atoms with E-state index in [9.17, 15) is 14.0 Å². The summed E-state index contributed by atoms with van der Waals surface area (Å²) >= 11 is 0. The van der Waals surface area contributed by atoms with Crippen molar-refractivity contribution in [3.63, 3.8) is 0 Å². The predicted molar refractivity (Wildman–Crippen MR) is 80.2 cm³/mol. The third kappa shape index (κ3) is 5.63. The summed E-state index contributed by atoms with van der Waals surface area (Å²) in [5.74, 6) is -0.533. The van der Waals surface area contributed by atoms with E-state index in [1.54, 1.807) is 30.1 Å². The number of likely N-dealkylation sites (N-methyl/N-ethyl adjacent to an activating group) is 1. The molecule has 0 radical (unpaired) electrons. The summed E-state index contributed by atoms with van der Waals surface area (Å²) in [5, 5.41) is 2.72. The second-order valence-corrected chi connectivity index (χ2v) is 5.66. The number of nitrogens with zero attached hydrogens (tertiary/aromatic N) is 1. The number of carbonyl (C=O) groups excluding carboxylic acids is 2. The summed E-state index contributed by atoms with van der Waals surface area (Å²) in [5.41, 5.74) is 0.541. The van der Waals surface area contributed by atoms with Gasteiger partial charge in [0.1, 0.15) is 5.82 Å². The lowest BCUT2D eigenvalue weighted by molar-refractivity contribution is -0.128. The Hall–Kier alpha value is -1.75. The number of amides is 1. The fourth-order valence-electron chi connectivity index (χ4n) is 2.18. The van der Waals surface area contributed by atoms with Crippen LogP contribution in [0.25, 0.3) is 0 Å². The maximum atomic E-state index is 13.5. The summed E-state index contributed by atoms with van der Waals surface area (Å²) in [6, 6.07) is 6.01. The average molecular weight is 294 g/mol. The average Bonchev–Trinajstić information content (AvgIpc) is 2.38. The molecule has 0 saturated heterocycles. The number of benzene rings is 1. The van der Waals surface area contributed by atoms with Crippen molar-refractivity contribution in [3.8, 4) is 0 Å². The van der Waals surface area contributed by atoms with Crippen LogP contribution < -0.4 is 5.32 Å². The molecule has 0 fully saturated rings. The Balaban J connectivity index is 2.54. The first-order valence-electron chi connectivity index (χ1n) is 7.03. The molecule has 0 aliphatic rings. The number of hydrogen-bond donors (Lipinski definition) is 1. The van der Waals surface area contributed by atoms with E-state index in [-0.39, 0.29) is 30.0 Å². The van der Waals surface area contributed by atoms with E-state index in [1.807, 2.05) is 13.8 Å². The molecule has 0 aliphatic carbocycles. The van der Waals surface area contributed by atoms with Crippen LogP contribution in [0, 0.1) is 11.7 Å². The number of hydrogen-bond acceptors (Lipinski definition) is 3. The van der Waals surface area contributed by atoms with E-state index in [4.69, 9.17) is 0 Å². The highest BCUT2D eigenvalue weighted by Crippen LogP contribution is 2.09. The molecule has 1 aromatic carbocycles. The molecule has 0 heterocycles. The first kappa shape index (κ1) is 17.3. The van der Waals surface area contributed by atoms with E-state index >= 15 is 0 Å². The van der Waals surface area contributed by atoms with E-state index in [0.29, 0.717) is 12.1 Å². The number of nitrogens with one attached hydrogen (secondary N) is 1. The van der Waals surface area contributed by atoms with Crippen molar-refractivity contribution >= 4 is 11.7 Å². The highest BCUT2D eigenvalue weighted by atomic mass is 19.1. The topological polar surface area (TPSA) is 49.4 Å². The molecular weight excluding hydrogens is 271 g/mol. The van der Waals surface area contributed by atoms with Crippen LogP contribution in [0.3, 0.4) is 0 Å². The van der Waals surface area contributed by atoms with Gasteiger partial charge in [-0.25, -0.2) is 4.39 Å². The standard InChI is InChI=1S/C16H23FN2O2/c1-11(2)16(12(3)20)18-15(21)10-19(4)9-13-7-5-6-8-14(13)17/h5-8,11,16H,9-10H2,1-4H3,(H,18,21). The van der Waals surface area contributed by atoms with Gasteiger partial charge in [-0.3, -0.25) is 14.5 Å². The van der Waals surface area contributed by atoms with Gasteiger partial charge in [-0.1, -0.05) is 32.0 Å². The number of ketones is 1. The predicted octanol–water partition coefficient (Wildman–Crippen LogP) is 1.99. The van der Waals surface area contributed by atoms with Crippen molar-refractivity contribution in [2.45, 2.75) is 33.4 Å². The molecule has 4 nitrogen and oxygen atoms in total. The molecule has 0 aliphatic heterocycles. The molecule has 1 N–H and O–H groups in total. The maximum absolute atomic E-state index is 13.5. The minimum Gasteiger partial charge on any atom is -0.345 e. The first-order chi connectivity index (χ1) is 9.81. The Morgan fingerprint density at radius 3 is 2.43 bits per heavy atom. The molecule has 1 rings (SSSR count). The van der Waals surface area contributed by atoms with Crippen molar-refractivity contribution in [1.82, 2.24) is 10.2 Å². The van der Waals surface area contributed by atoms with Crippen molar-refractivity contribution in [1.29, 1.82) is 0 Å². The minimum atomic E-state index is -0.473. The molecule has 1 amide bonds. The molecule has 0 saturated carbocycles. The first-order valence-corrected chi connectivity index (χ1v) is 7.03. The van der Waals surface area contributed by atoms with E-state index in [0.717, 1.165) is 0 Å². The quantitative estimate of drug-likeness (QED) is 0.836. The fraction of sp³-hybridized carbons (Fsp3) is 0.500. The van der Waals surface area contributed by atoms with Crippen molar-refractivity contribution in [3.05, 3.63) is 35.6 Å². The molecule has 116 valence electrons. The molecule has 1 aromatic rings. The van der Waals surface area contributed by atoms with Crippen molar-refractivity contribution < 1.29 is 14.0 Å². The summed E-state index contributed by atoms with van der Waals surface area (Å²) in [7, 11) is 1.74. The summed E-state index contributed by atoms with van der Waals surface area (Å²) in [6.45, 7) is 5.69. The molecule has 1 unspecified atom stereocenters. The van der Waals surface area contributed by atoms with Gasteiger partial charge in [0.25, 0.3) is 0 Å². The molecule has 0 aromatic heterocycles. The van der Waals surface area contributed by atoms with E-state index in [1.165, 1.54) is 13.0 Å². The summed E-state index contributed by atoms with van der Waals surface area (Å²) < 4.78 is 13.5. The molecule has 1 atom stereocenters. The van der Waals surface area contributed by atoms with Crippen molar-refractivity contribution in [2.75, 3.05) is 13.6 Å². The van der Waals surface area contributed by atoms with Gasteiger partial charge >= 0.3 is 0 Å². The van der Waals surface area contributed by atoms with Crippen LogP contribution >= 0.6 is 0 Å². The second-order valence-electron chi connectivity index (χ2n) is 5.66. The van der Waals surface area contributed by atoms with Crippen molar-refractivity contribution in [2.24, 2.45) is 5.92 Å². The van der Waals surface area contributed by atoms with Crippen LogP contribution in [-0.2, 0) is 16.1 Å². The SMILES string of the molecule is CC(=O)C(NC(=O)CN(C)Cc1ccccc1F)C(C)C. The number of Topliss-reactive ketones (excluding diaryl/α,β-unsaturated/α-hetero) is 1. The van der Waals surface area contributed by atoms with E-state index < -0.39 is 6.04 Å². The zero-order valence-corrected chi connectivity index (χ0v) is 13.0. The van der Waals surface area contributed by atoms with Gasteiger partial charge in [0.05, 0.1) is 12.6 Å². The number of halogens is 1. The monoisotopic (exact) mass is 294 g/mol. The lowest BCUT2D eigenvalue weighted by Gasteiger charge is -2.22. The highest BCUT2D eigenvalue weighted by molar-refractivity contribution is 5.88. The summed E-state index contributed by atoms with van der Waals surface area (Å²) in [4.78, 5) is 25.1. The Morgan fingerprint density at radius 1 is 1.29 bits per heavy atom. The van der Waals surface area contributed by atoms with Crippen LogP contribution in [0.5, 0.6) is 0 Å². The van der Waals surface area contributed by atoms with E-state index in [2.05, 4.69) is 5.32 Å². The van der Waals surface area contributed by atoms with Crippen LogP contribution in [-0.4, -0.2) is 36.2 Å². The molecule has 5 heteroatoms. The molecular formula is C16H23FN2O2. The normalized spacial score (nSPS) is 12.5. The van der Waals surface area contributed by atoms with Gasteiger partial charge < -0.3 is 5.32 Å². The molecule has 0 bridgehead atoms. The van der Waals surface area contributed by atoms with Crippen LogP contribution in [0.2, 0.25) is 0 Å². The Kier molecular flexibility index (Phi) is 6.49. The molecule has 21 heavy (non-hydrogen) atoms.